The Bertz CT molecular complexity index is 593. The molecule has 1 aromatic heterocycles. The van der Waals surface area contributed by atoms with Gasteiger partial charge in [0.1, 0.15) is 0 Å². The fourth-order valence-corrected chi connectivity index (χ4v) is 2.86. The largest absolute Gasteiger partial charge is 0.368 e. The Labute approximate surface area is 129 Å². The van der Waals surface area contributed by atoms with E-state index in [-0.39, 0.29) is 0 Å². The summed E-state index contributed by atoms with van der Waals surface area (Å²) in [5, 5.41) is 4.73. The average molecular weight is 307 g/mol. The molecule has 0 unspecified atom stereocenters. The van der Waals surface area contributed by atoms with Crippen molar-refractivity contribution in [2.24, 2.45) is 5.73 Å². The number of halogens is 1. The third-order valence-corrected chi connectivity index (χ3v) is 4.08. The predicted molar refractivity (Wildman–Crippen MR) is 83.3 cm³/mol. The zero-order chi connectivity index (χ0) is 14.7. The Morgan fingerprint density at radius 3 is 2.62 bits per heavy atom. The van der Waals surface area contributed by atoms with Gasteiger partial charge in [0.2, 0.25) is 0 Å². The lowest BCUT2D eigenvalue weighted by atomic mass is 10.2. The second-order valence-electron chi connectivity index (χ2n) is 5.20. The lowest BCUT2D eigenvalue weighted by Crippen LogP contribution is -2.46. The lowest BCUT2D eigenvalue weighted by molar-refractivity contribution is 0.219. The van der Waals surface area contributed by atoms with Gasteiger partial charge in [0, 0.05) is 38.8 Å². The summed E-state index contributed by atoms with van der Waals surface area (Å²) in [6.07, 6.45) is 0. The molecular formula is C15H19ClN4O. The first-order valence-electron chi connectivity index (χ1n) is 7.12. The van der Waals surface area contributed by atoms with Gasteiger partial charge in [-0.3, -0.25) is 4.90 Å². The normalized spacial score (nSPS) is 16.4. The van der Waals surface area contributed by atoms with Crippen LogP contribution in [0.3, 0.4) is 0 Å². The molecular weight excluding hydrogens is 288 g/mol. The SMILES string of the molecule is NCc1cc(CN2CCN(c3ccccc3Cl)CC2)on1. The van der Waals surface area contributed by atoms with Crippen LogP contribution in [-0.4, -0.2) is 36.2 Å². The number of aromatic nitrogens is 1. The fraction of sp³-hybridized carbons (Fsp3) is 0.400. The first kappa shape index (κ1) is 14.4. The Balaban J connectivity index is 1.56. The zero-order valence-corrected chi connectivity index (χ0v) is 12.6. The van der Waals surface area contributed by atoms with Gasteiger partial charge in [-0.25, -0.2) is 0 Å². The zero-order valence-electron chi connectivity index (χ0n) is 11.8. The third-order valence-electron chi connectivity index (χ3n) is 3.76. The van der Waals surface area contributed by atoms with Crippen LogP contribution in [0.1, 0.15) is 11.5 Å². The fourth-order valence-electron chi connectivity index (χ4n) is 2.60. The molecule has 0 bridgehead atoms. The molecule has 0 aliphatic carbocycles. The van der Waals surface area contributed by atoms with E-state index < -0.39 is 0 Å². The first-order valence-corrected chi connectivity index (χ1v) is 7.50. The van der Waals surface area contributed by atoms with Crippen molar-refractivity contribution in [3.05, 3.63) is 46.8 Å². The van der Waals surface area contributed by atoms with Gasteiger partial charge in [-0.1, -0.05) is 28.9 Å². The minimum absolute atomic E-state index is 0.420. The number of benzene rings is 1. The number of nitrogens with zero attached hydrogens (tertiary/aromatic N) is 3. The van der Waals surface area contributed by atoms with E-state index in [1.807, 2.05) is 24.3 Å². The first-order chi connectivity index (χ1) is 10.3. The van der Waals surface area contributed by atoms with Crippen molar-refractivity contribution in [2.45, 2.75) is 13.1 Å². The molecule has 1 aromatic carbocycles. The maximum atomic E-state index is 6.25. The van der Waals surface area contributed by atoms with Crippen molar-refractivity contribution in [1.29, 1.82) is 0 Å². The summed E-state index contributed by atoms with van der Waals surface area (Å²) in [5.74, 6) is 0.877. The molecule has 1 aliphatic heterocycles. The lowest BCUT2D eigenvalue weighted by Gasteiger charge is -2.36. The van der Waals surface area contributed by atoms with Crippen LogP contribution in [-0.2, 0) is 13.1 Å². The summed E-state index contributed by atoms with van der Waals surface area (Å²) < 4.78 is 5.28. The van der Waals surface area contributed by atoms with E-state index in [0.29, 0.717) is 6.54 Å². The number of hydrogen-bond donors (Lipinski definition) is 1. The summed E-state index contributed by atoms with van der Waals surface area (Å²) in [7, 11) is 0. The van der Waals surface area contributed by atoms with Gasteiger partial charge in [0.25, 0.3) is 0 Å². The summed E-state index contributed by atoms with van der Waals surface area (Å²) in [6, 6.07) is 9.92. The molecule has 6 heteroatoms. The smallest absolute Gasteiger partial charge is 0.151 e. The number of para-hydroxylation sites is 1. The van der Waals surface area contributed by atoms with Crippen molar-refractivity contribution in [3.63, 3.8) is 0 Å². The molecule has 1 saturated heterocycles. The van der Waals surface area contributed by atoms with Crippen LogP contribution < -0.4 is 10.6 Å². The standard InChI is InChI=1S/C15H19ClN4O/c16-14-3-1-2-4-15(14)20-7-5-19(6-8-20)11-13-9-12(10-17)18-21-13/h1-4,9H,5-8,10-11,17H2. The highest BCUT2D eigenvalue weighted by Gasteiger charge is 2.19. The molecule has 21 heavy (non-hydrogen) atoms. The molecule has 2 N–H and O–H groups in total. The third kappa shape index (κ3) is 3.37. The van der Waals surface area contributed by atoms with Gasteiger partial charge in [0.05, 0.1) is 22.9 Å². The Morgan fingerprint density at radius 1 is 1.19 bits per heavy atom. The predicted octanol–water partition coefficient (Wildman–Crippen LogP) is 2.11. The van der Waals surface area contributed by atoms with Crippen molar-refractivity contribution in [3.8, 4) is 0 Å². The minimum atomic E-state index is 0.420. The molecule has 0 spiro atoms. The van der Waals surface area contributed by atoms with E-state index in [1.165, 1.54) is 0 Å². The topological polar surface area (TPSA) is 58.5 Å². The Morgan fingerprint density at radius 2 is 1.95 bits per heavy atom. The number of piperazine rings is 1. The Hall–Kier alpha value is -1.56. The van der Waals surface area contributed by atoms with Crippen LogP contribution in [0.25, 0.3) is 0 Å². The van der Waals surface area contributed by atoms with E-state index in [0.717, 1.165) is 54.9 Å². The van der Waals surface area contributed by atoms with Crippen LogP contribution in [0.2, 0.25) is 5.02 Å². The molecule has 0 amide bonds. The quantitative estimate of drug-likeness (QED) is 0.937. The van der Waals surface area contributed by atoms with Crippen molar-refractivity contribution in [2.75, 3.05) is 31.1 Å². The highest BCUT2D eigenvalue weighted by molar-refractivity contribution is 6.33. The second kappa shape index (κ2) is 6.47. The van der Waals surface area contributed by atoms with Crippen molar-refractivity contribution < 1.29 is 4.52 Å². The van der Waals surface area contributed by atoms with Gasteiger partial charge in [-0.15, -0.1) is 0 Å². The molecule has 112 valence electrons. The summed E-state index contributed by atoms with van der Waals surface area (Å²) >= 11 is 6.25. The number of hydrogen-bond acceptors (Lipinski definition) is 5. The molecule has 2 aromatic rings. The van der Waals surface area contributed by atoms with Crippen LogP contribution in [0.4, 0.5) is 5.69 Å². The second-order valence-corrected chi connectivity index (χ2v) is 5.61. The van der Waals surface area contributed by atoms with Gasteiger partial charge >= 0.3 is 0 Å². The number of rotatable bonds is 4. The minimum Gasteiger partial charge on any atom is -0.368 e. The van der Waals surface area contributed by atoms with E-state index in [4.69, 9.17) is 21.9 Å². The van der Waals surface area contributed by atoms with E-state index in [2.05, 4.69) is 21.0 Å². The van der Waals surface area contributed by atoms with Crippen LogP contribution >= 0.6 is 11.6 Å². The summed E-state index contributed by atoms with van der Waals surface area (Å²) in [4.78, 5) is 4.68. The number of nitrogens with two attached hydrogens (primary N) is 1. The maximum Gasteiger partial charge on any atom is 0.151 e. The molecule has 0 radical (unpaired) electrons. The monoisotopic (exact) mass is 306 g/mol. The van der Waals surface area contributed by atoms with Crippen LogP contribution in [0, 0.1) is 0 Å². The molecule has 1 aliphatic rings. The molecule has 2 heterocycles. The molecule has 1 fully saturated rings. The average Bonchev–Trinajstić information content (AvgIpc) is 2.96. The highest BCUT2D eigenvalue weighted by Crippen LogP contribution is 2.26. The van der Waals surface area contributed by atoms with Crippen LogP contribution in [0.15, 0.2) is 34.9 Å². The molecule has 3 rings (SSSR count). The van der Waals surface area contributed by atoms with E-state index in [1.54, 1.807) is 0 Å². The summed E-state index contributed by atoms with van der Waals surface area (Å²) in [5.41, 5.74) is 7.46. The van der Waals surface area contributed by atoms with Gasteiger partial charge in [-0.05, 0) is 12.1 Å². The van der Waals surface area contributed by atoms with Gasteiger partial charge in [-0.2, -0.15) is 0 Å². The number of anilines is 1. The van der Waals surface area contributed by atoms with Crippen LogP contribution in [0.5, 0.6) is 0 Å². The summed E-state index contributed by atoms with van der Waals surface area (Å²) in [6.45, 7) is 5.07. The maximum absolute atomic E-state index is 6.25. The van der Waals surface area contributed by atoms with Crippen molar-refractivity contribution >= 4 is 17.3 Å². The molecule has 5 nitrogen and oxygen atoms in total. The van der Waals surface area contributed by atoms with Gasteiger partial charge in [0.15, 0.2) is 5.76 Å². The van der Waals surface area contributed by atoms with Gasteiger partial charge < -0.3 is 15.2 Å². The van der Waals surface area contributed by atoms with E-state index >= 15 is 0 Å². The molecule has 0 atom stereocenters. The van der Waals surface area contributed by atoms with E-state index in [9.17, 15) is 0 Å². The molecule has 0 saturated carbocycles. The Kier molecular flexibility index (Phi) is 4.43. The highest BCUT2D eigenvalue weighted by atomic mass is 35.5. The van der Waals surface area contributed by atoms with Crippen molar-refractivity contribution in [1.82, 2.24) is 10.1 Å².